The van der Waals surface area contributed by atoms with E-state index in [1.54, 1.807) is 6.20 Å². The number of aromatic nitrogens is 4. The van der Waals surface area contributed by atoms with Gasteiger partial charge < -0.3 is 35.1 Å². The number of benzene rings is 3. The maximum absolute atomic E-state index is 14.0. The molecule has 3 amide bonds. The lowest BCUT2D eigenvalue weighted by Crippen LogP contribution is -2.44. The van der Waals surface area contributed by atoms with Crippen LogP contribution >= 0.6 is 0 Å². The van der Waals surface area contributed by atoms with Gasteiger partial charge in [-0.15, -0.1) is 0 Å². The molecule has 5 aromatic rings. The summed E-state index contributed by atoms with van der Waals surface area (Å²) < 4.78 is 4.84. The summed E-state index contributed by atoms with van der Waals surface area (Å²) in [5, 5.41) is 5.94. The Hall–Kier alpha value is -6.45. The van der Waals surface area contributed by atoms with E-state index in [0.717, 1.165) is 72.7 Å². The number of ether oxygens (including phenoxy) is 1. The number of allylic oxidation sites excluding steroid dienone is 1. The second-order valence-corrected chi connectivity index (χ2v) is 15.1. The van der Waals surface area contributed by atoms with Gasteiger partial charge in [-0.1, -0.05) is 84.8 Å². The zero-order valence-electron chi connectivity index (χ0n) is 32.8. The molecular formula is C46H48N8O4. The quantitative estimate of drug-likeness (QED) is 0.122. The molecule has 8 rings (SSSR count). The Morgan fingerprint density at radius 2 is 1.45 bits per heavy atom. The highest BCUT2D eigenvalue weighted by Gasteiger charge is 2.38. The third-order valence-corrected chi connectivity index (χ3v) is 11.5. The standard InChI is InChI=1S/C46H48N8O4/c1-47-40(32-12-5-3-6-13-32)44(55)53-26-10-9-16-38(53)42-48-29-35(49-42)24-20-30-18-21-31(22-19-30)34-23-25-36-37(28-34)51-43(50-36)39-17-11-27-54(39)45(56)41(52-46(57)58-2)33-14-7-4-8-15-33/h3-8,12-15,18-19,21-23,25,29,34,38-41,47H,9-11,16-17,26-28H2,1-2H3,(H,48,49)(H,50,51)(H,52,57)/t34?,38?,39-,40+,41+/m0/s1. The first-order chi connectivity index (χ1) is 28.4. The minimum Gasteiger partial charge on any atom is -0.453 e. The lowest BCUT2D eigenvalue weighted by molar-refractivity contribution is -0.137. The van der Waals surface area contributed by atoms with Gasteiger partial charge in [0.25, 0.3) is 5.91 Å². The summed E-state index contributed by atoms with van der Waals surface area (Å²) in [6, 6.07) is 25.7. The predicted octanol–water partition coefficient (Wildman–Crippen LogP) is 6.66. The SMILES string of the molecule is CN[C@@H](C(=O)N1CCCCC1c1ncc(C#Cc2ccc(C3C=Cc4nc([C@@H]5CCCN5C(=O)[C@H](NC(=O)OC)c5ccccc5)[nH]c4C3)cc2)[nH]1)c1ccccc1. The van der Waals surface area contributed by atoms with E-state index in [9.17, 15) is 14.4 Å². The zero-order chi connectivity index (χ0) is 40.0. The molecule has 3 aliphatic rings. The fourth-order valence-electron chi connectivity index (χ4n) is 8.46. The van der Waals surface area contributed by atoms with Gasteiger partial charge in [-0.3, -0.25) is 9.59 Å². The fraction of sp³-hybridized carbons (Fsp3) is 0.326. The summed E-state index contributed by atoms with van der Waals surface area (Å²) >= 11 is 0. The summed E-state index contributed by atoms with van der Waals surface area (Å²) in [5.74, 6) is 8.05. The number of imidazole rings is 2. The number of hydrogen-bond donors (Lipinski definition) is 4. The van der Waals surface area contributed by atoms with Gasteiger partial charge in [0, 0.05) is 36.7 Å². The number of rotatable bonds is 9. The van der Waals surface area contributed by atoms with E-state index < -0.39 is 18.2 Å². The lowest BCUT2D eigenvalue weighted by Gasteiger charge is -2.36. The number of amides is 3. The molecule has 5 atom stereocenters. The molecule has 0 bridgehead atoms. The minimum absolute atomic E-state index is 0.0514. The smallest absolute Gasteiger partial charge is 0.407 e. The maximum Gasteiger partial charge on any atom is 0.407 e. The van der Waals surface area contributed by atoms with Gasteiger partial charge in [-0.2, -0.15) is 0 Å². The molecule has 2 saturated heterocycles. The number of nitrogens with one attached hydrogen (secondary N) is 4. The van der Waals surface area contributed by atoms with Gasteiger partial charge in [0.05, 0.1) is 31.1 Å². The molecule has 4 heterocycles. The largest absolute Gasteiger partial charge is 0.453 e. The van der Waals surface area contributed by atoms with Crippen molar-refractivity contribution in [3.05, 3.63) is 148 Å². The van der Waals surface area contributed by atoms with Crippen molar-refractivity contribution in [3.63, 3.8) is 0 Å². The molecule has 2 unspecified atom stereocenters. The molecule has 0 spiro atoms. The number of carbonyl (C=O) groups excluding carboxylic acids is 3. The third kappa shape index (κ3) is 8.17. The second kappa shape index (κ2) is 17.4. The van der Waals surface area contributed by atoms with E-state index in [1.807, 2.05) is 89.6 Å². The Morgan fingerprint density at radius 1 is 0.793 bits per heavy atom. The third-order valence-electron chi connectivity index (χ3n) is 11.5. The maximum atomic E-state index is 14.0. The number of nitrogens with zero attached hydrogens (tertiary/aromatic N) is 4. The van der Waals surface area contributed by atoms with E-state index in [2.05, 4.69) is 61.7 Å². The number of fused-ring (bicyclic) bond motifs is 1. The number of hydrogen-bond acceptors (Lipinski definition) is 7. The Labute approximate surface area is 338 Å². The van der Waals surface area contributed by atoms with E-state index in [1.165, 1.54) is 12.7 Å². The van der Waals surface area contributed by atoms with Gasteiger partial charge in [-0.25, -0.2) is 14.8 Å². The van der Waals surface area contributed by atoms with Crippen LogP contribution < -0.4 is 10.6 Å². The number of likely N-dealkylation sites (tertiary alicyclic amines) is 2. The highest BCUT2D eigenvalue weighted by Crippen LogP contribution is 2.36. The van der Waals surface area contributed by atoms with Crippen molar-refractivity contribution in [2.75, 3.05) is 27.2 Å². The second-order valence-electron chi connectivity index (χ2n) is 15.1. The van der Waals surface area contributed by atoms with Crippen molar-refractivity contribution in [2.45, 2.75) is 68.6 Å². The normalized spacial score (nSPS) is 19.7. The average Bonchev–Trinajstić information content (AvgIpc) is 4.06. The fourth-order valence-corrected chi connectivity index (χ4v) is 8.46. The van der Waals surface area contributed by atoms with Gasteiger partial charge in [0.15, 0.2) is 0 Å². The monoisotopic (exact) mass is 776 g/mol. The molecule has 12 nitrogen and oxygen atoms in total. The van der Waals surface area contributed by atoms with E-state index in [-0.39, 0.29) is 29.8 Å². The van der Waals surface area contributed by atoms with Crippen molar-refractivity contribution < 1.29 is 19.1 Å². The Morgan fingerprint density at radius 3 is 2.16 bits per heavy atom. The summed E-state index contributed by atoms with van der Waals surface area (Å²) in [6.07, 6.45) is 10.5. The summed E-state index contributed by atoms with van der Waals surface area (Å²) in [7, 11) is 3.12. The van der Waals surface area contributed by atoms with Crippen LogP contribution in [0, 0.1) is 11.8 Å². The first-order valence-electron chi connectivity index (χ1n) is 20.1. The van der Waals surface area contributed by atoms with Crippen LogP contribution in [0.2, 0.25) is 0 Å². The molecule has 296 valence electrons. The van der Waals surface area contributed by atoms with E-state index in [4.69, 9.17) is 9.72 Å². The van der Waals surface area contributed by atoms with Crippen molar-refractivity contribution in [2.24, 2.45) is 0 Å². The van der Waals surface area contributed by atoms with Crippen LogP contribution in [0.4, 0.5) is 4.79 Å². The van der Waals surface area contributed by atoms with Crippen LogP contribution in [0.5, 0.6) is 0 Å². The molecule has 2 aromatic heterocycles. The number of alkyl carbamates (subject to hydrolysis) is 1. The molecule has 1 aliphatic carbocycles. The number of aromatic amines is 2. The van der Waals surface area contributed by atoms with Crippen LogP contribution in [-0.2, 0) is 20.7 Å². The molecule has 0 saturated carbocycles. The van der Waals surface area contributed by atoms with Gasteiger partial charge in [0.2, 0.25) is 5.91 Å². The van der Waals surface area contributed by atoms with Crippen LogP contribution in [0.3, 0.4) is 0 Å². The molecule has 12 heteroatoms. The Kier molecular flexibility index (Phi) is 11.5. The number of piperidine rings is 1. The Bertz CT molecular complexity index is 2330. The summed E-state index contributed by atoms with van der Waals surface area (Å²) in [5.41, 5.74) is 6.33. The van der Waals surface area contributed by atoms with E-state index >= 15 is 0 Å². The molecule has 58 heavy (non-hydrogen) atoms. The number of likely N-dealkylation sites (N-methyl/N-ethyl adjacent to an activating group) is 1. The van der Waals surface area contributed by atoms with Gasteiger partial charge >= 0.3 is 6.09 Å². The average molecular weight is 777 g/mol. The first-order valence-corrected chi connectivity index (χ1v) is 20.1. The number of carbonyl (C=O) groups is 3. The highest BCUT2D eigenvalue weighted by molar-refractivity contribution is 5.87. The van der Waals surface area contributed by atoms with Gasteiger partial charge in [0.1, 0.15) is 29.4 Å². The summed E-state index contributed by atoms with van der Waals surface area (Å²) in [6.45, 7) is 1.26. The topological polar surface area (TPSA) is 148 Å². The molecular weight excluding hydrogens is 729 g/mol. The highest BCUT2D eigenvalue weighted by atomic mass is 16.5. The minimum atomic E-state index is -0.866. The van der Waals surface area contributed by atoms with Crippen molar-refractivity contribution in [1.29, 1.82) is 0 Å². The van der Waals surface area contributed by atoms with Crippen molar-refractivity contribution in [3.8, 4) is 11.8 Å². The van der Waals surface area contributed by atoms with Crippen LogP contribution in [0.1, 0.15) is 113 Å². The van der Waals surface area contributed by atoms with Crippen molar-refractivity contribution in [1.82, 2.24) is 40.4 Å². The molecule has 0 radical (unpaired) electrons. The summed E-state index contributed by atoms with van der Waals surface area (Å²) in [4.78, 5) is 60.3. The Balaban J connectivity index is 0.913. The van der Waals surface area contributed by atoms with Crippen LogP contribution in [0.25, 0.3) is 6.08 Å². The number of H-pyrrole nitrogens is 2. The number of methoxy groups -OCH3 is 1. The molecule has 2 fully saturated rings. The van der Waals surface area contributed by atoms with Crippen LogP contribution in [-0.4, -0.2) is 74.9 Å². The zero-order valence-corrected chi connectivity index (χ0v) is 32.8. The predicted molar refractivity (Wildman–Crippen MR) is 220 cm³/mol. The van der Waals surface area contributed by atoms with Gasteiger partial charge in [-0.05, 0) is 80.0 Å². The molecule has 2 aliphatic heterocycles. The lowest BCUT2D eigenvalue weighted by atomic mass is 9.89. The van der Waals surface area contributed by atoms with Crippen LogP contribution in [0.15, 0.2) is 97.2 Å². The van der Waals surface area contributed by atoms with E-state index in [0.29, 0.717) is 24.3 Å². The first kappa shape index (κ1) is 38.4. The molecule has 4 N–H and O–H groups in total. The van der Waals surface area contributed by atoms with Crippen molar-refractivity contribution >= 4 is 24.0 Å². The molecule has 3 aromatic carbocycles.